The van der Waals surface area contributed by atoms with Gasteiger partial charge in [0.2, 0.25) is 5.95 Å². The molecule has 0 radical (unpaired) electrons. The van der Waals surface area contributed by atoms with E-state index in [9.17, 15) is 13.8 Å². The summed E-state index contributed by atoms with van der Waals surface area (Å²) in [6.07, 6.45) is 1.05. The number of nitrogens with two attached hydrogens (primary N) is 1. The maximum atomic E-state index is 13.8. The van der Waals surface area contributed by atoms with Gasteiger partial charge in [0.1, 0.15) is 31.1 Å². The first-order valence-electron chi connectivity index (χ1n) is 10.6. The number of hydrogen-bond donors (Lipinski definition) is 2. The van der Waals surface area contributed by atoms with Crippen LogP contribution in [0, 0.1) is 0 Å². The largest absolute Gasteiger partial charge is 0.462 e. The number of para-hydroxylation sites is 1. The first kappa shape index (κ1) is 25.5. The Balaban J connectivity index is 1.74. The molecule has 0 fully saturated rings. The number of carbonyl (C=O) groups is 1. The second-order valence-corrected chi connectivity index (χ2v) is 9.87. The van der Waals surface area contributed by atoms with Crippen molar-refractivity contribution in [1.82, 2.24) is 24.7 Å². The summed E-state index contributed by atoms with van der Waals surface area (Å²) in [5.41, 5.74) is 6.77. The fraction of sp³-hybridized carbons (Fsp3) is 0.429. The summed E-state index contributed by atoms with van der Waals surface area (Å²) < 4.78 is 45.3. The van der Waals surface area contributed by atoms with Crippen molar-refractivity contribution >= 4 is 25.1 Å². The number of alkyl halides is 1. The summed E-state index contributed by atoms with van der Waals surface area (Å²) in [6.45, 7) is 4.05. The van der Waals surface area contributed by atoms with Crippen molar-refractivity contribution in [2.75, 3.05) is 18.8 Å². The van der Waals surface area contributed by atoms with Gasteiger partial charge in [-0.3, -0.25) is 9.36 Å². The molecule has 0 aliphatic carbocycles. The summed E-state index contributed by atoms with van der Waals surface area (Å²) >= 11 is 0. The van der Waals surface area contributed by atoms with Crippen molar-refractivity contribution in [2.24, 2.45) is 0 Å². The van der Waals surface area contributed by atoms with Crippen LogP contribution in [0.2, 0.25) is 0 Å². The predicted octanol–water partition coefficient (Wildman–Crippen LogP) is 2.76. The number of ether oxygens (including phenoxy) is 2. The molecule has 0 bridgehead atoms. The summed E-state index contributed by atoms with van der Waals surface area (Å²) in [7, 11) is -3.81. The molecule has 13 heteroatoms. The van der Waals surface area contributed by atoms with E-state index in [1.807, 2.05) is 0 Å². The van der Waals surface area contributed by atoms with Crippen molar-refractivity contribution in [3.63, 3.8) is 0 Å². The minimum absolute atomic E-state index is 0.0900. The minimum atomic E-state index is -3.81. The molecule has 2 heterocycles. The highest BCUT2D eigenvalue weighted by Crippen LogP contribution is 2.44. The Bertz CT molecular complexity index is 1150. The van der Waals surface area contributed by atoms with Gasteiger partial charge in [-0.2, -0.15) is 9.61 Å². The average molecular weight is 494 g/mol. The lowest BCUT2D eigenvalue weighted by Gasteiger charge is -2.25. The quantitative estimate of drug-likeness (QED) is 0.285. The standard InChI is InChI=1S/C21H28FN6O5P/c1-14(2)32-20(29)15(3)27-34(30,33-17-7-5-4-6-8-17)13-31-18(10-22)9-16-11-26-28-19(16)24-12-25-21(28)23/h4-8,11-12,14-15,18H,9-10,13H2,1-3H3,(H,27,30)(H2,23,24,25)/t15-,18+,34+/m0/s1. The summed E-state index contributed by atoms with van der Waals surface area (Å²) in [4.78, 5) is 20.2. The monoisotopic (exact) mass is 494 g/mol. The van der Waals surface area contributed by atoms with Crippen LogP contribution in [0.4, 0.5) is 10.3 Å². The Kier molecular flexibility index (Phi) is 8.54. The molecule has 0 aliphatic rings. The molecule has 0 saturated heterocycles. The number of benzene rings is 1. The topological polar surface area (TPSA) is 143 Å². The first-order chi connectivity index (χ1) is 16.2. The number of anilines is 1. The van der Waals surface area contributed by atoms with E-state index < -0.39 is 38.7 Å². The Morgan fingerprint density at radius 1 is 1.24 bits per heavy atom. The van der Waals surface area contributed by atoms with Crippen molar-refractivity contribution in [3.8, 4) is 5.75 Å². The van der Waals surface area contributed by atoms with E-state index in [1.165, 1.54) is 24.0 Å². The molecule has 0 aliphatic heterocycles. The number of esters is 1. The zero-order valence-corrected chi connectivity index (χ0v) is 20.0. The molecule has 3 rings (SSSR count). The molecule has 184 valence electrons. The van der Waals surface area contributed by atoms with Crippen LogP contribution in [0.15, 0.2) is 42.9 Å². The van der Waals surface area contributed by atoms with Crippen molar-refractivity contribution in [1.29, 1.82) is 0 Å². The van der Waals surface area contributed by atoms with Crippen LogP contribution >= 0.6 is 7.52 Å². The Labute approximate surface area is 196 Å². The molecule has 0 unspecified atom stereocenters. The van der Waals surface area contributed by atoms with Gasteiger partial charge in [-0.15, -0.1) is 0 Å². The molecular formula is C21H28FN6O5P. The number of nitrogens with zero attached hydrogens (tertiary/aromatic N) is 4. The number of hydrogen-bond acceptors (Lipinski definition) is 9. The number of nitrogen functional groups attached to an aromatic ring is 1. The molecule has 3 atom stereocenters. The number of rotatable bonds is 12. The third-order valence-corrected chi connectivity index (χ3v) is 6.37. The molecule has 2 aromatic heterocycles. The second-order valence-electron chi connectivity index (χ2n) is 7.83. The number of nitrogens with one attached hydrogen (secondary N) is 1. The van der Waals surface area contributed by atoms with Gasteiger partial charge in [0.05, 0.1) is 18.4 Å². The minimum Gasteiger partial charge on any atom is -0.462 e. The Hall–Kier alpha value is -3.08. The average Bonchev–Trinajstić information content (AvgIpc) is 3.20. The smallest absolute Gasteiger partial charge is 0.342 e. The lowest BCUT2D eigenvalue weighted by Crippen LogP contribution is -2.37. The van der Waals surface area contributed by atoms with Crippen LogP contribution in [-0.4, -0.2) is 56.8 Å². The van der Waals surface area contributed by atoms with Gasteiger partial charge >= 0.3 is 13.5 Å². The molecule has 0 saturated carbocycles. The van der Waals surface area contributed by atoms with Crippen LogP contribution in [0.5, 0.6) is 5.75 Å². The van der Waals surface area contributed by atoms with Crippen LogP contribution in [0.25, 0.3) is 5.65 Å². The maximum Gasteiger partial charge on any atom is 0.342 e. The molecular weight excluding hydrogens is 466 g/mol. The summed E-state index contributed by atoms with van der Waals surface area (Å²) in [5, 5.41) is 6.78. The van der Waals surface area contributed by atoms with Gasteiger partial charge in [-0.05, 0) is 32.9 Å². The third kappa shape index (κ3) is 6.72. The second kappa shape index (κ2) is 11.4. The SMILES string of the molecule is CC(C)OC(=O)[C@H](C)N[P@@](=O)(CO[C@@H](CF)Cc1cnn2c(N)ncnc12)Oc1ccccc1. The van der Waals surface area contributed by atoms with E-state index in [2.05, 4.69) is 20.2 Å². The number of carbonyl (C=O) groups excluding carboxylic acids is 1. The molecule has 1 aromatic carbocycles. The zero-order valence-electron chi connectivity index (χ0n) is 19.1. The molecule has 0 amide bonds. The molecule has 0 spiro atoms. The lowest BCUT2D eigenvalue weighted by molar-refractivity contribution is -0.149. The normalized spacial score (nSPS) is 15.1. The first-order valence-corrected chi connectivity index (χ1v) is 12.4. The van der Waals surface area contributed by atoms with E-state index in [0.29, 0.717) is 17.0 Å². The molecule has 11 nitrogen and oxygen atoms in total. The van der Waals surface area contributed by atoms with Gasteiger partial charge in [0.15, 0.2) is 5.65 Å². The van der Waals surface area contributed by atoms with Crippen molar-refractivity contribution < 1.29 is 27.7 Å². The Morgan fingerprint density at radius 3 is 2.65 bits per heavy atom. The molecule has 3 aromatic rings. The lowest BCUT2D eigenvalue weighted by atomic mass is 10.1. The number of halogens is 1. The fourth-order valence-electron chi connectivity index (χ4n) is 3.05. The van der Waals surface area contributed by atoms with Crippen molar-refractivity contribution in [2.45, 2.75) is 45.4 Å². The van der Waals surface area contributed by atoms with Gasteiger partial charge in [0, 0.05) is 12.0 Å². The maximum absolute atomic E-state index is 13.8. The van der Waals surface area contributed by atoms with E-state index in [-0.39, 0.29) is 18.5 Å². The highest BCUT2D eigenvalue weighted by Gasteiger charge is 2.32. The van der Waals surface area contributed by atoms with Crippen LogP contribution in [0.3, 0.4) is 0 Å². The van der Waals surface area contributed by atoms with E-state index in [1.54, 1.807) is 44.2 Å². The number of aromatic nitrogens is 4. The zero-order chi connectivity index (χ0) is 24.7. The summed E-state index contributed by atoms with van der Waals surface area (Å²) in [5.74, 6) is -0.156. The van der Waals surface area contributed by atoms with E-state index in [4.69, 9.17) is 19.7 Å². The molecule has 3 N–H and O–H groups in total. The van der Waals surface area contributed by atoms with Gasteiger partial charge in [-0.25, -0.2) is 19.4 Å². The van der Waals surface area contributed by atoms with Crippen LogP contribution in [0.1, 0.15) is 26.3 Å². The van der Waals surface area contributed by atoms with Gasteiger partial charge in [-0.1, -0.05) is 18.2 Å². The third-order valence-electron chi connectivity index (χ3n) is 4.60. The molecule has 34 heavy (non-hydrogen) atoms. The fourth-order valence-corrected chi connectivity index (χ4v) is 4.80. The highest BCUT2D eigenvalue weighted by atomic mass is 31.2. The summed E-state index contributed by atoms with van der Waals surface area (Å²) in [6, 6.07) is 7.46. The van der Waals surface area contributed by atoms with Crippen LogP contribution < -0.4 is 15.3 Å². The van der Waals surface area contributed by atoms with E-state index >= 15 is 0 Å². The van der Waals surface area contributed by atoms with Gasteiger partial charge in [0.25, 0.3) is 0 Å². The van der Waals surface area contributed by atoms with E-state index in [0.717, 1.165) is 0 Å². The Morgan fingerprint density at radius 2 is 1.97 bits per heavy atom. The van der Waals surface area contributed by atoms with Gasteiger partial charge < -0.3 is 19.7 Å². The highest BCUT2D eigenvalue weighted by molar-refractivity contribution is 7.57. The van der Waals surface area contributed by atoms with Crippen molar-refractivity contribution in [3.05, 3.63) is 48.4 Å². The number of fused-ring (bicyclic) bond motifs is 1. The van der Waals surface area contributed by atoms with Crippen LogP contribution in [-0.2, 0) is 25.3 Å². The predicted molar refractivity (Wildman–Crippen MR) is 123 cm³/mol.